The van der Waals surface area contributed by atoms with Gasteiger partial charge in [0.05, 0.1) is 4.47 Å². The maximum Gasteiger partial charge on any atom is 0.410 e. The van der Waals surface area contributed by atoms with E-state index in [1.165, 1.54) is 6.07 Å². The van der Waals surface area contributed by atoms with Gasteiger partial charge in [-0.1, -0.05) is 0 Å². The molecule has 0 saturated carbocycles. The van der Waals surface area contributed by atoms with Gasteiger partial charge in [-0.15, -0.1) is 0 Å². The second-order valence-corrected chi connectivity index (χ2v) is 8.43. The second kappa shape index (κ2) is 9.01. The third-order valence-electron chi connectivity index (χ3n) is 4.28. The van der Waals surface area contributed by atoms with Crippen LogP contribution in [-0.4, -0.2) is 53.3 Å². The standard InChI is InChI=1S/C19H26BrFN2O4/c1-19(2,3)27-18(26)23-9-6-12(7-10-23)22-17(25)14-4-5-15(20)16(21)13(14)8-11-24/h4-5,12,24H,6-11H2,1-3H3,(H,22,25). The van der Waals surface area contributed by atoms with E-state index in [1.807, 2.05) is 20.8 Å². The molecule has 2 N–H and O–H groups in total. The summed E-state index contributed by atoms with van der Waals surface area (Å²) >= 11 is 3.10. The van der Waals surface area contributed by atoms with Crippen LogP contribution in [-0.2, 0) is 11.2 Å². The van der Waals surface area contributed by atoms with Crippen LogP contribution in [0.2, 0.25) is 0 Å². The van der Waals surface area contributed by atoms with Crippen LogP contribution in [0.25, 0.3) is 0 Å². The van der Waals surface area contributed by atoms with Gasteiger partial charge >= 0.3 is 6.09 Å². The normalized spacial score (nSPS) is 15.6. The quantitative estimate of drug-likeness (QED) is 0.746. The summed E-state index contributed by atoms with van der Waals surface area (Å²) in [6.45, 7) is 6.18. The molecule has 150 valence electrons. The molecule has 1 aromatic rings. The molecule has 1 heterocycles. The summed E-state index contributed by atoms with van der Waals surface area (Å²) in [7, 11) is 0. The molecule has 8 heteroatoms. The zero-order valence-corrected chi connectivity index (χ0v) is 17.4. The van der Waals surface area contributed by atoms with Crippen molar-refractivity contribution in [1.29, 1.82) is 0 Å². The van der Waals surface area contributed by atoms with E-state index in [4.69, 9.17) is 9.84 Å². The lowest BCUT2D eigenvalue weighted by Crippen LogP contribution is -2.47. The molecule has 1 aliphatic rings. The number of ether oxygens (including phenoxy) is 1. The zero-order valence-electron chi connectivity index (χ0n) is 15.8. The van der Waals surface area contributed by atoms with Crippen LogP contribution >= 0.6 is 15.9 Å². The number of hydrogen-bond donors (Lipinski definition) is 2. The number of aliphatic hydroxyl groups is 1. The minimum atomic E-state index is -0.545. The van der Waals surface area contributed by atoms with Crippen LogP contribution in [0.15, 0.2) is 16.6 Å². The van der Waals surface area contributed by atoms with Gasteiger partial charge in [0.2, 0.25) is 0 Å². The molecule has 0 atom stereocenters. The molecular weight excluding hydrogens is 419 g/mol. The van der Waals surface area contributed by atoms with Crippen molar-refractivity contribution in [2.24, 2.45) is 0 Å². The highest BCUT2D eigenvalue weighted by molar-refractivity contribution is 9.10. The molecule has 1 fully saturated rings. The van der Waals surface area contributed by atoms with Gasteiger partial charge in [-0.3, -0.25) is 4.79 Å². The fourth-order valence-electron chi connectivity index (χ4n) is 2.96. The van der Waals surface area contributed by atoms with E-state index in [-0.39, 0.29) is 46.7 Å². The first-order valence-corrected chi connectivity index (χ1v) is 9.78. The Morgan fingerprint density at radius 1 is 1.33 bits per heavy atom. The van der Waals surface area contributed by atoms with Crippen LogP contribution in [0.1, 0.15) is 49.5 Å². The largest absolute Gasteiger partial charge is 0.444 e. The van der Waals surface area contributed by atoms with Crippen molar-refractivity contribution in [2.75, 3.05) is 19.7 Å². The number of rotatable bonds is 4. The Morgan fingerprint density at radius 3 is 2.52 bits per heavy atom. The van der Waals surface area contributed by atoms with Crippen LogP contribution in [0.3, 0.4) is 0 Å². The Kier molecular flexibility index (Phi) is 7.22. The second-order valence-electron chi connectivity index (χ2n) is 7.58. The predicted molar refractivity (Wildman–Crippen MR) is 103 cm³/mol. The van der Waals surface area contributed by atoms with Gasteiger partial charge in [0.25, 0.3) is 5.91 Å². The number of nitrogens with zero attached hydrogens (tertiary/aromatic N) is 1. The third kappa shape index (κ3) is 5.90. The summed E-state index contributed by atoms with van der Waals surface area (Å²) in [5.74, 6) is -0.906. The summed E-state index contributed by atoms with van der Waals surface area (Å²) in [6, 6.07) is 2.92. The van der Waals surface area contributed by atoms with E-state index in [0.29, 0.717) is 25.9 Å². The fourth-order valence-corrected chi connectivity index (χ4v) is 3.33. The highest BCUT2D eigenvalue weighted by Gasteiger charge is 2.28. The molecule has 0 spiro atoms. The van der Waals surface area contributed by atoms with E-state index in [1.54, 1.807) is 11.0 Å². The van der Waals surface area contributed by atoms with E-state index >= 15 is 0 Å². The number of nitrogens with one attached hydrogen (secondary N) is 1. The van der Waals surface area contributed by atoms with Crippen molar-refractivity contribution in [2.45, 2.75) is 51.7 Å². The van der Waals surface area contributed by atoms with Crippen LogP contribution in [0.4, 0.5) is 9.18 Å². The Balaban J connectivity index is 1.97. The molecule has 0 unspecified atom stereocenters. The van der Waals surface area contributed by atoms with Gasteiger partial charge in [0.15, 0.2) is 0 Å². The Morgan fingerprint density at radius 2 is 1.96 bits per heavy atom. The smallest absolute Gasteiger partial charge is 0.410 e. The summed E-state index contributed by atoms with van der Waals surface area (Å²) in [5.41, 5.74) is -0.133. The minimum absolute atomic E-state index is 0.0606. The summed E-state index contributed by atoms with van der Waals surface area (Å²) in [6.07, 6.45) is 0.900. The molecule has 0 aliphatic carbocycles. The van der Waals surface area contributed by atoms with E-state index in [0.717, 1.165) is 0 Å². The van der Waals surface area contributed by atoms with Gasteiger partial charge in [-0.05, 0) is 68.1 Å². The zero-order chi connectivity index (χ0) is 20.2. The van der Waals surface area contributed by atoms with Crippen LogP contribution in [0.5, 0.6) is 0 Å². The number of halogens is 2. The van der Waals surface area contributed by atoms with E-state index < -0.39 is 11.4 Å². The van der Waals surface area contributed by atoms with Crippen molar-refractivity contribution in [1.82, 2.24) is 10.2 Å². The fraction of sp³-hybridized carbons (Fsp3) is 0.579. The maximum atomic E-state index is 14.3. The number of carbonyl (C=O) groups excluding carboxylic acids is 2. The van der Waals surface area contributed by atoms with Crippen LogP contribution in [0, 0.1) is 5.82 Å². The number of hydrogen-bond acceptors (Lipinski definition) is 4. The van der Waals surface area contributed by atoms with Crippen molar-refractivity contribution in [3.63, 3.8) is 0 Å². The minimum Gasteiger partial charge on any atom is -0.444 e. The molecule has 0 aromatic heterocycles. The van der Waals surface area contributed by atoms with Crippen LogP contribution < -0.4 is 5.32 Å². The summed E-state index contributed by atoms with van der Waals surface area (Å²) in [4.78, 5) is 26.3. The molecule has 0 radical (unpaired) electrons. The third-order valence-corrected chi connectivity index (χ3v) is 4.90. The SMILES string of the molecule is CC(C)(C)OC(=O)N1CCC(NC(=O)c2ccc(Br)c(F)c2CCO)CC1. The average molecular weight is 445 g/mol. The van der Waals surface area contributed by atoms with E-state index in [2.05, 4.69) is 21.2 Å². The van der Waals surface area contributed by atoms with Crippen molar-refractivity contribution in [3.8, 4) is 0 Å². The lowest BCUT2D eigenvalue weighted by atomic mass is 10.0. The predicted octanol–water partition coefficient (Wildman–Crippen LogP) is 3.25. The summed E-state index contributed by atoms with van der Waals surface area (Å²) < 4.78 is 19.9. The average Bonchev–Trinajstić information content (AvgIpc) is 2.58. The highest BCUT2D eigenvalue weighted by Crippen LogP contribution is 2.24. The van der Waals surface area contributed by atoms with E-state index in [9.17, 15) is 14.0 Å². The number of aliphatic hydroxyl groups excluding tert-OH is 1. The number of piperidine rings is 1. The Labute approximate surface area is 167 Å². The number of benzene rings is 1. The molecule has 1 saturated heterocycles. The highest BCUT2D eigenvalue weighted by atomic mass is 79.9. The number of amides is 2. The first-order valence-electron chi connectivity index (χ1n) is 8.99. The first-order chi connectivity index (χ1) is 12.6. The molecule has 2 amide bonds. The first kappa shape index (κ1) is 21.6. The molecule has 0 bridgehead atoms. The van der Waals surface area contributed by atoms with Gasteiger partial charge in [0, 0.05) is 36.9 Å². The Hall–Kier alpha value is -1.67. The van der Waals surface area contributed by atoms with Crippen molar-refractivity contribution in [3.05, 3.63) is 33.5 Å². The number of carbonyl (C=O) groups is 2. The molecular formula is C19H26BrFN2O4. The number of likely N-dealkylation sites (tertiary alicyclic amines) is 1. The van der Waals surface area contributed by atoms with Crippen molar-refractivity contribution >= 4 is 27.9 Å². The molecule has 1 aromatic carbocycles. The lowest BCUT2D eigenvalue weighted by Gasteiger charge is -2.33. The Bertz CT molecular complexity index is 698. The van der Waals surface area contributed by atoms with Gasteiger partial charge in [-0.2, -0.15) is 0 Å². The van der Waals surface area contributed by atoms with Gasteiger partial charge in [-0.25, -0.2) is 9.18 Å². The van der Waals surface area contributed by atoms with Crippen molar-refractivity contribution < 1.29 is 23.8 Å². The monoisotopic (exact) mass is 444 g/mol. The molecule has 27 heavy (non-hydrogen) atoms. The van der Waals surface area contributed by atoms with Gasteiger partial charge < -0.3 is 20.1 Å². The summed E-state index contributed by atoms with van der Waals surface area (Å²) in [5, 5.41) is 12.1. The molecule has 6 nitrogen and oxygen atoms in total. The molecule has 2 rings (SSSR count). The molecule has 1 aliphatic heterocycles. The topological polar surface area (TPSA) is 78.9 Å². The lowest BCUT2D eigenvalue weighted by molar-refractivity contribution is 0.0199. The van der Waals surface area contributed by atoms with Gasteiger partial charge in [0.1, 0.15) is 11.4 Å². The maximum absolute atomic E-state index is 14.3.